The maximum Gasteiger partial charge on any atom is 0.261 e. The third kappa shape index (κ3) is 2.86. The Morgan fingerprint density at radius 1 is 1.14 bits per heavy atom. The van der Waals surface area contributed by atoms with Gasteiger partial charge in [-0.25, -0.2) is 13.4 Å². The molecule has 0 aliphatic carbocycles. The summed E-state index contributed by atoms with van der Waals surface area (Å²) in [5.74, 6) is 0. The van der Waals surface area contributed by atoms with Gasteiger partial charge in [-0.05, 0) is 48.9 Å². The van der Waals surface area contributed by atoms with Gasteiger partial charge in [-0.15, -0.1) is 0 Å². The number of aryl methyl sites for hydroxylation is 1. The van der Waals surface area contributed by atoms with Gasteiger partial charge in [0.15, 0.2) is 0 Å². The van der Waals surface area contributed by atoms with Crippen LogP contribution in [0.1, 0.15) is 5.56 Å². The number of rotatable bonds is 3. The van der Waals surface area contributed by atoms with Crippen molar-refractivity contribution in [2.45, 2.75) is 11.8 Å². The Morgan fingerprint density at radius 3 is 2.57 bits per heavy atom. The molecule has 21 heavy (non-hydrogen) atoms. The summed E-state index contributed by atoms with van der Waals surface area (Å²) in [6.07, 6.45) is 0. The molecule has 0 aliphatic rings. The SMILES string of the molecule is Cc1ccc(S(=O)(=O)Nc2ccc3nc(Cl)[nH]c3c2)cc1. The first-order chi connectivity index (χ1) is 9.94. The summed E-state index contributed by atoms with van der Waals surface area (Å²) in [4.78, 5) is 7.12. The normalized spacial score (nSPS) is 11.7. The number of halogens is 1. The highest BCUT2D eigenvalue weighted by molar-refractivity contribution is 7.92. The lowest BCUT2D eigenvalue weighted by Crippen LogP contribution is -2.12. The standard InChI is InChI=1S/C14H12ClN3O2S/c1-9-2-5-11(6-3-9)21(19,20)18-10-4-7-12-13(8-10)17-14(15)16-12/h2-8,18H,1H3,(H,16,17). The van der Waals surface area contributed by atoms with Crippen molar-refractivity contribution in [1.82, 2.24) is 9.97 Å². The van der Waals surface area contributed by atoms with Crippen LogP contribution < -0.4 is 4.72 Å². The molecule has 0 amide bonds. The van der Waals surface area contributed by atoms with Gasteiger partial charge in [0.2, 0.25) is 5.28 Å². The van der Waals surface area contributed by atoms with Gasteiger partial charge < -0.3 is 4.98 Å². The topological polar surface area (TPSA) is 74.8 Å². The number of fused-ring (bicyclic) bond motifs is 1. The Kier molecular flexibility index (Phi) is 3.35. The smallest absolute Gasteiger partial charge is 0.261 e. The van der Waals surface area contributed by atoms with Crippen LogP contribution in [0.3, 0.4) is 0 Å². The van der Waals surface area contributed by atoms with Crippen molar-refractivity contribution in [2.24, 2.45) is 0 Å². The summed E-state index contributed by atoms with van der Waals surface area (Å²) in [7, 11) is -3.61. The minimum absolute atomic E-state index is 0.218. The molecule has 108 valence electrons. The summed E-state index contributed by atoms with van der Waals surface area (Å²) in [5.41, 5.74) is 2.80. The van der Waals surface area contributed by atoms with E-state index < -0.39 is 10.0 Å². The van der Waals surface area contributed by atoms with E-state index >= 15 is 0 Å². The van der Waals surface area contributed by atoms with E-state index in [1.54, 1.807) is 42.5 Å². The zero-order chi connectivity index (χ0) is 15.0. The number of nitrogens with zero attached hydrogens (tertiary/aromatic N) is 1. The van der Waals surface area contributed by atoms with Gasteiger partial charge in [0.25, 0.3) is 10.0 Å². The Morgan fingerprint density at radius 2 is 1.86 bits per heavy atom. The number of sulfonamides is 1. The first-order valence-corrected chi connectivity index (χ1v) is 8.05. The fraction of sp³-hybridized carbons (Fsp3) is 0.0714. The number of anilines is 1. The predicted molar refractivity (Wildman–Crippen MR) is 83.1 cm³/mol. The highest BCUT2D eigenvalue weighted by Crippen LogP contribution is 2.21. The molecule has 0 saturated carbocycles. The van der Waals surface area contributed by atoms with Crippen LogP contribution in [0.15, 0.2) is 47.4 Å². The summed E-state index contributed by atoms with van der Waals surface area (Å²) in [6.45, 7) is 1.90. The molecule has 5 nitrogen and oxygen atoms in total. The van der Waals surface area contributed by atoms with Gasteiger partial charge in [-0.3, -0.25) is 4.72 Å². The van der Waals surface area contributed by atoms with E-state index in [0.29, 0.717) is 16.7 Å². The van der Waals surface area contributed by atoms with Crippen molar-refractivity contribution < 1.29 is 8.42 Å². The van der Waals surface area contributed by atoms with E-state index in [0.717, 1.165) is 5.56 Å². The molecule has 7 heteroatoms. The minimum atomic E-state index is -3.61. The van der Waals surface area contributed by atoms with Gasteiger partial charge in [0, 0.05) is 0 Å². The maximum atomic E-state index is 12.3. The Balaban J connectivity index is 1.94. The molecule has 3 aromatic rings. The maximum absolute atomic E-state index is 12.3. The second kappa shape index (κ2) is 5.05. The van der Waals surface area contributed by atoms with Crippen LogP contribution in [0.25, 0.3) is 11.0 Å². The summed E-state index contributed by atoms with van der Waals surface area (Å²) in [6, 6.07) is 11.7. The average Bonchev–Trinajstić information content (AvgIpc) is 2.78. The monoisotopic (exact) mass is 321 g/mol. The third-order valence-electron chi connectivity index (χ3n) is 3.04. The lowest BCUT2D eigenvalue weighted by Gasteiger charge is -2.08. The molecular weight excluding hydrogens is 310 g/mol. The first-order valence-electron chi connectivity index (χ1n) is 6.19. The molecule has 0 saturated heterocycles. The van der Waals surface area contributed by atoms with Crippen molar-refractivity contribution in [3.8, 4) is 0 Å². The molecule has 0 bridgehead atoms. The van der Waals surface area contributed by atoms with E-state index in [9.17, 15) is 8.42 Å². The van der Waals surface area contributed by atoms with Gasteiger partial charge in [-0.2, -0.15) is 0 Å². The van der Waals surface area contributed by atoms with Crippen molar-refractivity contribution in [3.05, 3.63) is 53.3 Å². The van der Waals surface area contributed by atoms with E-state index in [4.69, 9.17) is 11.6 Å². The number of H-pyrrole nitrogens is 1. The lowest BCUT2D eigenvalue weighted by atomic mass is 10.2. The summed E-state index contributed by atoms with van der Waals surface area (Å²) in [5, 5.41) is 0.267. The molecule has 0 unspecified atom stereocenters. The minimum Gasteiger partial charge on any atom is -0.329 e. The molecule has 0 spiro atoms. The van der Waals surface area contributed by atoms with E-state index in [2.05, 4.69) is 14.7 Å². The average molecular weight is 322 g/mol. The predicted octanol–water partition coefficient (Wildman–Crippen LogP) is 3.33. The van der Waals surface area contributed by atoms with Crippen LogP contribution >= 0.6 is 11.6 Å². The molecule has 0 fully saturated rings. The fourth-order valence-corrected chi connectivity index (χ4v) is 3.22. The van der Waals surface area contributed by atoms with Crippen molar-refractivity contribution in [1.29, 1.82) is 0 Å². The molecule has 3 rings (SSSR count). The highest BCUT2D eigenvalue weighted by atomic mass is 35.5. The number of imidazole rings is 1. The molecule has 1 aromatic heterocycles. The van der Waals surface area contributed by atoms with Crippen LogP contribution in [-0.4, -0.2) is 18.4 Å². The van der Waals surface area contributed by atoms with Gasteiger partial charge in [0.1, 0.15) is 0 Å². The number of aromatic nitrogens is 2. The fourth-order valence-electron chi connectivity index (χ4n) is 1.97. The van der Waals surface area contributed by atoms with Crippen molar-refractivity contribution in [2.75, 3.05) is 4.72 Å². The Labute approximate surface area is 127 Å². The van der Waals surface area contributed by atoms with Gasteiger partial charge in [-0.1, -0.05) is 17.7 Å². The van der Waals surface area contributed by atoms with Crippen LogP contribution in [0, 0.1) is 6.92 Å². The number of hydrogen-bond donors (Lipinski definition) is 2. The number of nitrogens with one attached hydrogen (secondary N) is 2. The number of benzene rings is 2. The van der Waals surface area contributed by atoms with Crippen LogP contribution in [0.2, 0.25) is 5.28 Å². The molecule has 0 atom stereocenters. The first kappa shape index (κ1) is 13.9. The molecular formula is C14H12ClN3O2S. The molecule has 2 aromatic carbocycles. The van der Waals surface area contributed by atoms with Crippen LogP contribution in [0.5, 0.6) is 0 Å². The lowest BCUT2D eigenvalue weighted by molar-refractivity contribution is 0.601. The zero-order valence-corrected chi connectivity index (χ0v) is 12.7. The molecule has 2 N–H and O–H groups in total. The Hall–Kier alpha value is -2.05. The molecule has 0 aliphatic heterocycles. The molecule has 0 radical (unpaired) electrons. The summed E-state index contributed by atoms with van der Waals surface area (Å²) < 4.78 is 27.1. The van der Waals surface area contributed by atoms with Crippen molar-refractivity contribution >= 4 is 38.3 Å². The zero-order valence-electron chi connectivity index (χ0n) is 11.1. The van der Waals surface area contributed by atoms with E-state index in [1.165, 1.54) is 0 Å². The quantitative estimate of drug-likeness (QED) is 0.777. The second-order valence-corrected chi connectivity index (χ2v) is 6.72. The van der Waals surface area contributed by atoms with Crippen LogP contribution in [0.4, 0.5) is 5.69 Å². The van der Waals surface area contributed by atoms with Gasteiger partial charge in [0.05, 0.1) is 21.6 Å². The van der Waals surface area contributed by atoms with Crippen LogP contribution in [-0.2, 0) is 10.0 Å². The summed E-state index contributed by atoms with van der Waals surface area (Å²) >= 11 is 5.77. The number of hydrogen-bond acceptors (Lipinski definition) is 3. The largest absolute Gasteiger partial charge is 0.329 e. The highest BCUT2D eigenvalue weighted by Gasteiger charge is 2.14. The number of aromatic amines is 1. The Bertz CT molecular complexity index is 902. The third-order valence-corrected chi connectivity index (χ3v) is 4.61. The van der Waals surface area contributed by atoms with Gasteiger partial charge >= 0.3 is 0 Å². The molecule has 1 heterocycles. The van der Waals surface area contributed by atoms with E-state index in [-0.39, 0.29) is 10.2 Å². The second-order valence-electron chi connectivity index (χ2n) is 4.68. The van der Waals surface area contributed by atoms with Crippen molar-refractivity contribution in [3.63, 3.8) is 0 Å². The van der Waals surface area contributed by atoms with E-state index in [1.807, 2.05) is 6.92 Å².